The van der Waals surface area contributed by atoms with Crippen molar-refractivity contribution in [2.24, 2.45) is 0 Å². The van der Waals surface area contributed by atoms with Crippen LogP contribution in [0.2, 0.25) is 0 Å². The first kappa shape index (κ1) is 18.7. The molecule has 6 heteroatoms. The number of imidazole rings is 1. The highest BCUT2D eigenvalue weighted by atomic mass is 35.5. The van der Waals surface area contributed by atoms with E-state index in [0.29, 0.717) is 12.1 Å². The highest BCUT2D eigenvalue weighted by molar-refractivity contribution is 5.94. The molecule has 1 heterocycles. The van der Waals surface area contributed by atoms with Crippen LogP contribution >= 0.6 is 12.4 Å². The molecule has 2 N–H and O–H groups in total. The molecule has 0 unspecified atom stereocenters. The maximum atomic E-state index is 12.1. The molecule has 0 saturated heterocycles. The van der Waals surface area contributed by atoms with E-state index in [-0.39, 0.29) is 18.3 Å². The van der Waals surface area contributed by atoms with Crippen LogP contribution in [-0.2, 0) is 6.54 Å². The highest BCUT2D eigenvalue weighted by Crippen LogP contribution is 2.09. The van der Waals surface area contributed by atoms with Gasteiger partial charge in [-0.1, -0.05) is 30.3 Å². The van der Waals surface area contributed by atoms with Crippen LogP contribution in [0.4, 0.5) is 0 Å². The molecule has 5 nitrogen and oxygen atoms in total. The lowest BCUT2D eigenvalue weighted by Gasteiger charge is -2.08. The van der Waals surface area contributed by atoms with Gasteiger partial charge in [-0.25, -0.2) is 4.98 Å². The van der Waals surface area contributed by atoms with Crippen LogP contribution < -0.4 is 10.6 Å². The molecule has 1 aromatic heterocycles. The Kier molecular flexibility index (Phi) is 7.19. The molecule has 0 aliphatic heterocycles. The van der Waals surface area contributed by atoms with Gasteiger partial charge in [0.25, 0.3) is 5.91 Å². The van der Waals surface area contributed by atoms with Gasteiger partial charge in [0.15, 0.2) is 0 Å². The van der Waals surface area contributed by atoms with Gasteiger partial charge in [0.1, 0.15) is 0 Å². The van der Waals surface area contributed by atoms with Gasteiger partial charge in [-0.05, 0) is 29.8 Å². The van der Waals surface area contributed by atoms with Crippen molar-refractivity contribution in [3.63, 3.8) is 0 Å². The van der Waals surface area contributed by atoms with Crippen molar-refractivity contribution >= 4 is 18.3 Å². The van der Waals surface area contributed by atoms with Crippen LogP contribution in [0.5, 0.6) is 0 Å². The van der Waals surface area contributed by atoms with Crippen LogP contribution in [0, 0.1) is 0 Å². The van der Waals surface area contributed by atoms with E-state index in [1.807, 2.05) is 53.2 Å². The van der Waals surface area contributed by atoms with Gasteiger partial charge in [0, 0.05) is 43.3 Å². The summed E-state index contributed by atoms with van der Waals surface area (Å²) in [5.41, 5.74) is 2.87. The Labute approximate surface area is 153 Å². The summed E-state index contributed by atoms with van der Waals surface area (Å²) in [7, 11) is 0. The topological polar surface area (TPSA) is 59.0 Å². The molecule has 0 spiro atoms. The number of halogens is 1. The number of hydrogen-bond acceptors (Lipinski definition) is 3. The predicted molar refractivity (Wildman–Crippen MR) is 101 cm³/mol. The number of aromatic nitrogens is 2. The zero-order valence-corrected chi connectivity index (χ0v) is 14.6. The Balaban J connectivity index is 0.00000225. The fourth-order valence-corrected chi connectivity index (χ4v) is 2.39. The molecule has 0 bridgehead atoms. The zero-order chi connectivity index (χ0) is 16.6. The van der Waals surface area contributed by atoms with Crippen LogP contribution in [0.25, 0.3) is 5.69 Å². The van der Waals surface area contributed by atoms with Gasteiger partial charge in [0.05, 0.1) is 6.33 Å². The van der Waals surface area contributed by atoms with E-state index in [2.05, 4.69) is 27.8 Å². The Morgan fingerprint density at radius 2 is 1.76 bits per heavy atom. The van der Waals surface area contributed by atoms with Crippen molar-refractivity contribution in [3.05, 3.63) is 84.4 Å². The standard InChI is InChI=1S/C19H20N4O.ClH/c24-19(22-11-10-20-14-16-4-2-1-3-5-16)17-6-8-18(9-7-17)23-13-12-21-15-23;/h1-9,12-13,15,20H,10-11,14H2,(H,22,24);1H. The number of carbonyl (C=O) groups excluding carboxylic acids is 1. The minimum Gasteiger partial charge on any atom is -0.351 e. The van der Waals surface area contributed by atoms with E-state index < -0.39 is 0 Å². The van der Waals surface area contributed by atoms with Crippen molar-refractivity contribution in [2.45, 2.75) is 6.54 Å². The summed E-state index contributed by atoms with van der Waals surface area (Å²) in [4.78, 5) is 16.1. The number of rotatable bonds is 7. The molecule has 0 aliphatic carbocycles. The molecule has 3 aromatic rings. The fourth-order valence-electron chi connectivity index (χ4n) is 2.39. The molecule has 0 saturated carbocycles. The average Bonchev–Trinajstić information content (AvgIpc) is 3.17. The third kappa shape index (κ3) is 5.45. The van der Waals surface area contributed by atoms with Crippen LogP contribution in [-0.4, -0.2) is 28.5 Å². The molecule has 3 rings (SSSR count). The summed E-state index contributed by atoms with van der Waals surface area (Å²) in [6.07, 6.45) is 5.32. The normalized spacial score (nSPS) is 10.1. The summed E-state index contributed by atoms with van der Waals surface area (Å²) < 4.78 is 1.90. The molecular weight excluding hydrogens is 336 g/mol. The van der Waals surface area contributed by atoms with E-state index in [1.54, 1.807) is 12.5 Å². The maximum absolute atomic E-state index is 12.1. The monoisotopic (exact) mass is 356 g/mol. The minimum atomic E-state index is -0.0614. The molecule has 0 aliphatic rings. The minimum absolute atomic E-state index is 0. The second kappa shape index (κ2) is 9.61. The summed E-state index contributed by atoms with van der Waals surface area (Å²) >= 11 is 0. The lowest BCUT2D eigenvalue weighted by atomic mass is 10.2. The molecule has 25 heavy (non-hydrogen) atoms. The van der Waals surface area contributed by atoms with Gasteiger partial charge in [0.2, 0.25) is 0 Å². The summed E-state index contributed by atoms with van der Waals surface area (Å²) in [6, 6.07) is 17.7. The Morgan fingerprint density at radius 1 is 1.00 bits per heavy atom. The molecule has 0 fully saturated rings. The van der Waals surface area contributed by atoms with E-state index in [0.717, 1.165) is 18.8 Å². The zero-order valence-electron chi connectivity index (χ0n) is 13.8. The smallest absolute Gasteiger partial charge is 0.251 e. The van der Waals surface area contributed by atoms with Crippen LogP contribution in [0.15, 0.2) is 73.3 Å². The average molecular weight is 357 g/mol. The van der Waals surface area contributed by atoms with Gasteiger partial charge >= 0.3 is 0 Å². The summed E-state index contributed by atoms with van der Waals surface area (Å²) in [5.74, 6) is -0.0614. The van der Waals surface area contributed by atoms with Gasteiger partial charge in [-0.2, -0.15) is 0 Å². The lowest BCUT2D eigenvalue weighted by molar-refractivity contribution is 0.0954. The summed E-state index contributed by atoms with van der Waals surface area (Å²) in [6.45, 7) is 2.12. The van der Waals surface area contributed by atoms with E-state index in [4.69, 9.17) is 0 Å². The first-order chi connectivity index (χ1) is 11.8. The number of benzene rings is 2. The number of nitrogens with one attached hydrogen (secondary N) is 2. The number of carbonyl (C=O) groups is 1. The van der Waals surface area contributed by atoms with Crippen molar-refractivity contribution in [3.8, 4) is 5.69 Å². The van der Waals surface area contributed by atoms with Crippen LogP contribution in [0.3, 0.4) is 0 Å². The third-order valence-corrected chi connectivity index (χ3v) is 3.69. The summed E-state index contributed by atoms with van der Waals surface area (Å²) in [5, 5.41) is 6.23. The first-order valence-corrected chi connectivity index (χ1v) is 7.94. The largest absolute Gasteiger partial charge is 0.351 e. The van der Waals surface area contributed by atoms with E-state index in [1.165, 1.54) is 5.56 Å². The van der Waals surface area contributed by atoms with E-state index >= 15 is 0 Å². The maximum Gasteiger partial charge on any atom is 0.251 e. The Bertz CT molecular complexity index is 758. The molecular formula is C19H21ClN4O. The van der Waals surface area contributed by atoms with Crippen molar-refractivity contribution in [1.82, 2.24) is 20.2 Å². The molecule has 2 aromatic carbocycles. The molecule has 1 amide bonds. The van der Waals surface area contributed by atoms with E-state index in [9.17, 15) is 4.79 Å². The fraction of sp³-hybridized carbons (Fsp3) is 0.158. The number of amides is 1. The molecule has 0 atom stereocenters. The SMILES string of the molecule is Cl.O=C(NCCNCc1ccccc1)c1ccc(-n2ccnc2)cc1. The van der Waals surface area contributed by atoms with Crippen LogP contribution in [0.1, 0.15) is 15.9 Å². The highest BCUT2D eigenvalue weighted by Gasteiger charge is 2.05. The number of hydrogen-bond donors (Lipinski definition) is 2. The molecule has 130 valence electrons. The lowest BCUT2D eigenvalue weighted by Crippen LogP contribution is -2.31. The van der Waals surface area contributed by atoms with Crippen molar-refractivity contribution in [2.75, 3.05) is 13.1 Å². The molecule has 0 radical (unpaired) electrons. The predicted octanol–water partition coefficient (Wildman–Crippen LogP) is 2.81. The first-order valence-electron chi connectivity index (χ1n) is 7.94. The second-order valence-electron chi connectivity index (χ2n) is 5.44. The quantitative estimate of drug-likeness (QED) is 0.640. The second-order valence-corrected chi connectivity index (χ2v) is 5.44. The Morgan fingerprint density at radius 3 is 2.44 bits per heavy atom. The third-order valence-electron chi connectivity index (χ3n) is 3.69. The van der Waals surface area contributed by atoms with Gasteiger partial charge in [-0.3, -0.25) is 4.79 Å². The van der Waals surface area contributed by atoms with Gasteiger partial charge in [-0.15, -0.1) is 12.4 Å². The van der Waals surface area contributed by atoms with Crippen molar-refractivity contribution in [1.29, 1.82) is 0 Å². The Hall–Kier alpha value is -2.63. The number of nitrogens with zero attached hydrogens (tertiary/aromatic N) is 2. The van der Waals surface area contributed by atoms with Crippen molar-refractivity contribution < 1.29 is 4.79 Å². The van der Waals surface area contributed by atoms with Gasteiger partial charge < -0.3 is 15.2 Å².